The van der Waals surface area contributed by atoms with Crippen LogP contribution in [-0.2, 0) is 15.8 Å². The molecule has 8 heteroatoms. The van der Waals surface area contributed by atoms with Crippen LogP contribution in [0, 0.1) is 0 Å². The Labute approximate surface area is 123 Å². The fraction of sp³-hybridized carbons (Fsp3) is 0.400. The highest BCUT2D eigenvalue weighted by atomic mass is 35.5. The summed E-state index contributed by atoms with van der Waals surface area (Å²) in [7, 11) is -3.36. The number of rotatable bonds is 6. The minimum Gasteiger partial charge on any atom is -0.330 e. The predicted octanol–water partition coefficient (Wildman–Crippen LogP) is 2.18. The summed E-state index contributed by atoms with van der Waals surface area (Å²) >= 11 is 11.6. The van der Waals surface area contributed by atoms with Gasteiger partial charge in [-0.1, -0.05) is 23.2 Å². The van der Waals surface area contributed by atoms with Gasteiger partial charge in [0.25, 0.3) is 0 Å². The van der Waals surface area contributed by atoms with Crippen LogP contribution in [0.1, 0.15) is 12.0 Å². The van der Waals surface area contributed by atoms with E-state index in [1.807, 2.05) is 0 Å². The second-order valence-corrected chi connectivity index (χ2v) is 6.25. The molecule has 18 heavy (non-hydrogen) atoms. The number of hydrogen-bond acceptors (Lipinski definition) is 3. The Kier molecular flexibility index (Phi) is 8.18. The van der Waals surface area contributed by atoms with E-state index in [-0.39, 0.29) is 18.2 Å². The monoisotopic (exact) mass is 332 g/mol. The SMILES string of the molecule is Cl.NCCCNS(=O)(=O)Cc1cc(Cl)cc(Cl)c1. The minimum absolute atomic E-state index is 0. The normalized spacial score (nSPS) is 11.1. The summed E-state index contributed by atoms with van der Waals surface area (Å²) in [6, 6.07) is 4.71. The van der Waals surface area contributed by atoms with Gasteiger partial charge in [-0.25, -0.2) is 13.1 Å². The Morgan fingerprint density at radius 3 is 2.22 bits per heavy atom. The van der Waals surface area contributed by atoms with E-state index in [1.165, 1.54) is 0 Å². The van der Waals surface area contributed by atoms with E-state index in [1.54, 1.807) is 18.2 Å². The standard InChI is InChI=1S/C10H14Cl2N2O2S.ClH/c11-9-4-8(5-10(12)6-9)7-17(15,16)14-3-1-2-13;/h4-6,14H,1-3,7,13H2;1H. The van der Waals surface area contributed by atoms with Gasteiger partial charge in [0.1, 0.15) is 0 Å². The van der Waals surface area contributed by atoms with Crippen LogP contribution < -0.4 is 10.5 Å². The number of benzene rings is 1. The van der Waals surface area contributed by atoms with E-state index in [0.29, 0.717) is 35.1 Å². The molecule has 0 aliphatic heterocycles. The maximum atomic E-state index is 11.7. The molecule has 0 fully saturated rings. The molecule has 0 heterocycles. The quantitative estimate of drug-likeness (QED) is 0.784. The van der Waals surface area contributed by atoms with Crippen molar-refractivity contribution in [1.82, 2.24) is 4.72 Å². The average Bonchev–Trinajstić information content (AvgIpc) is 2.14. The van der Waals surface area contributed by atoms with E-state index >= 15 is 0 Å². The molecule has 0 saturated heterocycles. The third kappa shape index (κ3) is 6.78. The second kappa shape index (κ2) is 8.19. The van der Waals surface area contributed by atoms with Crippen LogP contribution in [0.15, 0.2) is 18.2 Å². The lowest BCUT2D eigenvalue weighted by atomic mass is 10.2. The van der Waals surface area contributed by atoms with Crippen LogP contribution in [0.25, 0.3) is 0 Å². The smallest absolute Gasteiger partial charge is 0.215 e. The maximum absolute atomic E-state index is 11.7. The van der Waals surface area contributed by atoms with Gasteiger partial charge in [-0.15, -0.1) is 12.4 Å². The molecule has 0 radical (unpaired) electrons. The zero-order chi connectivity index (χ0) is 12.9. The predicted molar refractivity (Wildman–Crippen MR) is 78.0 cm³/mol. The van der Waals surface area contributed by atoms with E-state index in [0.717, 1.165) is 0 Å². The number of nitrogens with one attached hydrogen (secondary N) is 1. The summed E-state index contributed by atoms with van der Waals surface area (Å²) in [5.41, 5.74) is 5.84. The van der Waals surface area contributed by atoms with Crippen LogP contribution in [0.2, 0.25) is 10.0 Å². The lowest BCUT2D eigenvalue weighted by Crippen LogP contribution is -2.27. The van der Waals surface area contributed by atoms with Gasteiger partial charge in [-0.2, -0.15) is 0 Å². The molecule has 0 aliphatic rings. The number of sulfonamides is 1. The van der Waals surface area contributed by atoms with Crippen LogP contribution in [0.4, 0.5) is 0 Å². The van der Waals surface area contributed by atoms with Crippen LogP contribution in [-0.4, -0.2) is 21.5 Å². The lowest BCUT2D eigenvalue weighted by Gasteiger charge is -2.07. The minimum atomic E-state index is -3.36. The highest BCUT2D eigenvalue weighted by Crippen LogP contribution is 2.20. The van der Waals surface area contributed by atoms with Crippen molar-refractivity contribution >= 4 is 45.6 Å². The van der Waals surface area contributed by atoms with Crippen LogP contribution in [0.5, 0.6) is 0 Å². The molecule has 0 spiro atoms. The summed E-state index contributed by atoms with van der Waals surface area (Å²) < 4.78 is 25.8. The summed E-state index contributed by atoms with van der Waals surface area (Å²) in [6.45, 7) is 0.790. The van der Waals surface area contributed by atoms with E-state index in [2.05, 4.69) is 4.72 Å². The van der Waals surface area contributed by atoms with Gasteiger partial charge in [0, 0.05) is 16.6 Å². The third-order valence-electron chi connectivity index (χ3n) is 1.98. The summed E-state index contributed by atoms with van der Waals surface area (Å²) in [5, 5.41) is 0.842. The molecule has 0 atom stereocenters. The molecular weight excluding hydrogens is 319 g/mol. The van der Waals surface area contributed by atoms with E-state index in [4.69, 9.17) is 28.9 Å². The Balaban J connectivity index is 0.00000289. The van der Waals surface area contributed by atoms with Crippen molar-refractivity contribution in [3.8, 4) is 0 Å². The first-order chi connectivity index (χ1) is 7.93. The third-order valence-corrected chi connectivity index (χ3v) is 3.78. The van der Waals surface area contributed by atoms with Gasteiger partial charge < -0.3 is 5.73 Å². The fourth-order valence-corrected chi connectivity index (χ4v) is 3.03. The van der Waals surface area contributed by atoms with Crippen LogP contribution >= 0.6 is 35.6 Å². The van der Waals surface area contributed by atoms with Crippen molar-refractivity contribution in [3.63, 3.8) is 0 Å². The molecular formula is C10H15Cl3N2O2S. The van der Waals surface area contributed by atoms with Gasteiger partial charge in [-0.05, 0) is 36.7 Å². The molecule has 1 aromatic carbocycles. The van der Waals surface area contributed by atoms with E-state index in [9.17, 15) is 8.42 Å². The molecule has 104 valence electrons. The first kappa shape index (κ1) is 18.0. The average molecular weight is 334 g/mol. The first-order valence-electron chi connectivity index (χ1n) is 5.05. The van der Waals surface area contributed by atoms with Crippen LogP contribution in [0.3, 0.4) is 0 Å². The molecule has 1 aromatic rings. The summed E-state index contributed by atoms with van der Waals surface area (Å²) in [5.74, 6) is -0.141. The maximum Gasteiger partial charge on any atom is 0.215 e. The molecule has 0 saturated carbocycles. The zero-order valence-corrected chi connectivity index (χ0v) is 12.7. The lowest BCUT2D eigenvalue weighted by molar-refractivity contribution is 0.579. The largest absolute Gasteiger partial charge is 0.330 e. The topological polar surface area (TPSA) is 72.2 Å². The van der Waals surface area contributed by atoms with Gasteiger partial charge in [0.05, 0.1) is 5.75 Å². The molecule has 4 nitrogen and oxygen atoms in total. The number of nitrogens with two attached hydrogens (primary N) is 1. The molecule has 3 N–H and O–H groups in total. The molecule has 1 rings (SSSR count). The molecule has 0 bridgehead atoms. The number of halogens is 3. The number of hydrogen-bond donors (Lipinski definition) is 2. The van der Waals surface area contributed by atoms with Crippen molar-refractivity contribution in [2.75, 3.05) is 13.1 Å². The van der Waals surface area contributed by atoms with Gasteiger partial charge in [0.15, 0.2) is 0 Å². The highest BCUT2D eigenvalue weighted by Gasteiger charge is 2.11. The van der Waals surface area contributed by atoms with Crippen molar-refractivity contribution in [3.05, 3.63) is 33.8 Å². The van der Waals surface area contributed by atoms with Crippen molar-refractivity contribution < 1.29 is 8.42 Å². The molecule has 0 aliphatic carbocycles. The Hall–Kier alpha value is -0.0400. The Bertz CT molecular complexity index is 460. The van der Waals surface area contributed by atoms with Gasteiger partial charge >= 0.3 is 0 Å². The van der Waals surface area contributed by atoms with E-state index < -0.39 is 10.0 Å². The van der Waals surface area contributed by atoms with Crippen molar-refractivity contribution in [2.45, 2.75) is 12.2 Å². The highest BCUT2D eigenvalue weighted by molar-refractivity contribution is 7.88. The second-order valence-electron chi connectivity index (χ2n) is 3.57. The fourth-order valence-electron chi connectivity index (χ4n) is 1.29. The molecule has 0 aromatic heterocycles. The van der Waals surface area contributed by atoms with Crippen molar-refractivity contribution in [1.29, 1.82) is 0 Å². The van der Waals surface area contributed by atoms with Crippen molar-refractivity contribution in [2.24, 2.45) is 5.73 Å². The van der Waals surface area contributed by atoms with Gasteiger partial charge in [-0.3, -0.25) is 0 Å². The summed E-state index contributed by atoms with van der Waals surface area (Å²) in [6.07, 6.45) is 0.607. The molecule has 0 unspecified atom stereocenters. The summed E-state index contributed by atoms with van der Waals surface area (Å²) in [4.78, 5) is 0. The Morgan fingerprint density at radius 1 is 1.17 bits per heavy atom. The van der Waals surface area contributed by atoms with Gasteiger partial charge in [0.2, 0.25) is 10.0 Å². The zero-order valence-electron chi connectivity index (χ0n) is 9.53. The Morgan fingerprint density at radius 2 is 1.72 bits per heavy atom. The molecule has 0 amide bonds. The first-order valence-corrected chi connectivity index (χ1v) is 7.46.